The van der Waals surface area contributed by atoms with Crippen molar-refractivity contribution in [3.8, 4) is 0 Å². The molecular weight excluding hydrogens is 222 g/mol. The molecule has 1 saturated carbocycles. The lowest BCUT2D eigenvalue weighted by Gasteiger charge is -2.09. The van der Waals surface area contributed by atoms with Crippen LogP contribution in [0.15, 0.2) is 23.1 Å². The average molecular weight is 239 g/mol. The van der Waals surface area contributed by atoms with Gasteiger partial charge in [0.2, 0.25) is 0 Å². The topological polar surface area (TPSA) is 60.2 Å². The van der Waals surface area contributed by atoms with Gasteiger partial charge in [0.1, 0.15) is 0 Å². The Morgan fingerprint density at radius 2 is 2.06 bits per heavy atom. The highest BCUT2D eigenvalue weighted by molar-refractivity contribution is 7.91. The number of nitrogens with two attached hydrogens (primary N) is 1. The van der Waals surface area contributed by atoms with Gasteiger partial charge in [0.05, 0.1) is 16.3 Å². The van der Waals surface area contributed by atoms with Gasteiger partial charge >= 0.3 is 0 Å². The molecule has 1 aliphatic rings. The van der Waals surface area contributed by atoms with E-state index in [2.05, 4.69) is 0 Å². The zero-order chi connectivity index (χ0) is 11.8. The van der Waals surface area contributed by atoms with Crippen molar-refractivity contribution in [2.24, 2.45) is 5.92 Å². The van der Waals surface area contributed by atoms with Crippen LogP contribution in [0.25, 0.3) is 0 Å². The summed E-state index contributed by atoms with van der Waals surface area (Å²) in [5, 5.41) is 0. The van der Waals surface area contributed by atoms with Gasteiger partial charge in [-0.05, 0) is 30.9 Å². The van der Waals surface area contributed by atoms with Crippen LogP contribution in [0, 0.1) is 12.8 Å². The van der Waals surface area contributed by atoms with Crippen molar-refractivity contribution in [3.05, 3.63) is 23.8 Å². The standard InChI is InChI=1S/C12H17NO2S/c1-9-3-2-4-11(12(9)13)16(14,15)8-7-10-5-6-10/h2-4,10H,5-8,13H2,1H3. The molecule has 0 aromatic heterocycles. The first-order valence-electron chi connectivity index (χ1n) is 5.58. The summed E-state index contributed by atoms with van der Waals surface area (Å²) >= 11 is 0. The highest BCUT2D eigenvalue weighted by Crippen LogP contribution is 2.34. The van der Waals surface area contributed by atoms with Crippen molar-refractivity contribution >= 4 is 15.5 Å². The minimum atomic E-state index is -3.19. The predicted octanol–water partition coefficient (Wildman–Crippen LogP) is 2.15. The lowest BCUT2D eigenvalue weighted by Crippen LogP contribution is -2.10. The van der Waals surface area contributed by atoms with Gasteiger partial charge in [0.25, 0.3) is 0 Å². The van der Waals surface area contributed by atoms with Crippen molar-refractivity contribution in [3.63, 3.8) is 0 Å². The fraction of sp³-hybridized carbons (Fsp3) is 0.500. The Balaban J connectivity index is 2.23. The van der Waals surface area contributed by atoms with Gasteiger partial charge in [0.15, 0.2) is 9.84 Å². The van der Waals surface area contributed by atoms with Gasteiger partial charge < -0.3 is 5.73 Å². The van der Waals surface area contributed by atoms with Gasteiger partial charge in [0, 0.05) is 0 Å². The summed E-state index contributed by atoms with van der Waals surface area (Å²) in [6.07, 6.45) is 3.13. The number of rotatable bonds is 4. The highest BCUT2D eigenvalue weighted by atomic mass is 32.2. The normalized spacial score (nSPS) is 16.3. The number of aryl methyl sites for hydroxylation is 1. The van der Waals surface area contributed by atoms with Crippen LogP contribution in [-0.2, 0) is 9.84 Å². The molecule has 1 aromatic carbocycles. The maximum Gasteiger partial charge on any atom is 0.180 e. The Labute approximate surface area is 96.6 Å². The molecule has 1 fully saturated rings. The summed E-state index contributed by atoms with van der Waals surface area (Å²) < 4.78 is 24.1. The Morgan fingerprint density at radius 1 is 1.38 bits per heavy atom. The second-order valence-corrected chi connectivity index (χ2v) is 6.62. The zero-order valence-electron chi connectivity index (χ0n) is 9.44. The molecule has 16 heavy (non-hydrogen) atoms. The summed E-state index contributed by atoms with van der Waals surface area (Å²) in [4.78, 5) is 0.299. The Bertz CT molecular complexity index is 490. The number of para-hydroxylation sites is 1. The van der Waals surface area contributed by atoms with Crippen molar-refractivity contribution in [2.45, 2.75) is 31.1 Å². The number of sulfone groups is 1. The van der Waals surface area contributed by atoms with E-state index in [9.17, 15) is 8.42 Å². The summed E-state index contributed by atoms with van der Waals surface area (Å²) in [6, 6.07) is 5.18. The third kappa shape index (κ3) is 2.38. The van der Waals surface area contributed by atoms with E-state index in [-0.39, 0.29) is 5.75 Å². The van der Waals surface area contributed by atoms with E-state index in [1.165, 1.54) is 12.8 Å². The molecule has 1 aliphatic carbocycles. The molecule has 88 valence electrons. The number of nitrogen functional groups attached to an aromatic ring is 1. The Morgan fingerprint density at radius 3 is 2.69 bits per heavy atom. The molecule has 0 saturated heterocycles. The maximum atomic E-state index is 12.1. The number of hydrogen-bond acceptors (Lipinski definition) is 3. The molecule has 0 spiro atoms. The molecule has 2 N–H and O–H groups in total. The van der Waals surface area contributed by atoms with Gasteiger partial charge in [-0.1, -0.05) is 25.0 Å². The van der Waals surface area contributed by atoms with Crippen LogP contribution in [0.2, 0.25) is 0 Å². The van der Waals surface area contributed by atoms with Gasteiger partial charge in [-0.25, -0.2) is 8.42 Å². The third-order valence-electron chi connectivity index (χ3n) is 3.11. The molecule has 0 aliphatic heterocycles. The van der Waals surface area contributed by atoms with Crippen LogP contribution in [0.3, 0.4) is 0 Å². The monoisotopic (exact) mass is 239 g/mol. The fourth-order valence-corrected chi connectivity index (χ4v) is 3.41. The van der Waals surface area contributed by atoms with Crippen molar-refractivity contribution in [1.29, 1.82) is 0 Å². The molecule has 2 rings (SSSR count). The number of benzene rings is 1. The molecule has 0 radical (unpaired) electrons. The first-order chi connectivity index (χ1) is 7.50. The van der Waals surface area contributed by atoms with Crippen LogP contribution < -0.4 is 5.73 Å². The maximum absolute atomic E-state index is 12.1. The van der Waals surface area contributed by atoms with Crippen LogP contribution in [0.4, 0.5) is 5.69 Å². The first kappa shape index (κ1) is 11.5. The fourth-order valence-electron chi connectivity index (χ4n) is 1.76. The average Bonchev–Trinajstić information content (AvgIpc) is 3.03. The van der Waals surface area contributed by atoms with E-state index >= 15 is 0 Å². The zero-order valence-corrected chi connectivity index (χ0v) is 10.3. The summed E-state index contributed by atoms with van der Waals surface area (Å²) in [7, 11) is -3.19. The molecule has 0 unspecified atom stereocenters. The van der Waals surface area contributed by atoms with Crippen LogP contribution in [0.5, 0.6) is 0 Å². The minimum Gasteiger partial charge on any atom is -0.397 e. The van der Waals surface area contributed by atoms with E-state index in [4.69, 9.17) is 5.73 Å². The van der Waals surface area contributed by atoms with Gasteiger partial charge in [-0.2, -0.15) is 0 Å². The minimum absolute atomic E-state index is 0.227. The third-order valence-corrected chi connectivity index (χ3v) is 4.91. The lowest BCUT2D eigenvalue weighted by molar-refractivity contribution is 0.590. The van der Waals surface area contributed by atoms with Crippen molar-refractivity contribution in [2.75, 3.05) is 11.5 Å². The van der Waals surface area contributed by atoms with Crippen molar-refractivity contribution < 1.29 is 8.42 Å². The van der Waals surface area contributed by atoms with Gasteiger partial charge in [-0.15, -0.1) is 0 Å². The molecule has 0 heterocycles. The first-order valence-corrected chi connectivity index (χ1v) is 7.24. The second kappa shape index (κ2) is 4.09. The van der Waals surface area contributed by atoms with Crippen LogP contribution in [0.1, 0.15) is 24.8 Å². The van der Waals surface area contributed by atoms with E-state index < -0.39 is 9.84 Å². The second-order valence-electron chi connectivity index (χ2n) is 4.54. The van der Waals surface area contributed by atoms with E-state index in [0.717, 1.165) is 12.0 Å². The molecule has 4 heteroatoms. The van der Waals surface area contributed by atoms with Crippen molar-refractivity contribution in [1.82, 2.24) is 0 Å². The molecular formula is C12H17NO2S. The van der Waals surface area contributed by atoms with Crippen LogP contribution >= 0.6 is 0 Å². The van der Waals surface area contributed by atoms with E-state index in [1.807, 2.05) is 13.0 Å². The predicted molar refractivity (Wildman–Crippen MR) is 65.0 cm³/mol. The Hall–Kier alpha value is -1.03. The molecule has 3 nitrogen and oxygen atoms in total. The van der Waals surface area contributed by atoms with E-state index in [1.54, 1.807) is 12.1 Å². The number of hydrogen-bond donors (Lipinski definition) is 1. The van der Waals surface area contributed by atoms with Gasteiger partial charge in [-0.3, -0.25) is 0 Å². The molecule has 0 bridgehead atoms. The molecule has 1 aromatic rings. The largest absolute Gasteiger partial charge is 0.397 e. The lowest BCUT2D eigenvalue weighted by atomic mass is 10.2. The summed E-state index contributed by atoms with van der Waals surface area (Å²) in [5.74, 6) is 0.853. The quantitative estimate of drug-likeness (QED) is 0.819. The van der Waals surface area contributed by atoms with E-state index in [0.29, 0.717) is 16.5 Å². The summed E-state index contributed by atoms with van der Waals surface area (Å²) in [6.45, 7) is 1.83. The highest BCUT2D eigenvalue weighted by Gasteiger charge is 2.25. The SMILES string of the molecule is Cc1cccc(S(=O)(=O)CCC2CC2)c1N. The van der Waals surface area contributed by atoms with Crippen LogP contribution in [-0.4, -0.2) is 14.2 Å². The Kier molecular flexibility index (Phi) is 2.93. The summed E-state index contributed by atoms with van der Waals surface area (Å²) in [5.41, 5.74) is 7.04. The molecule has 0 atom stereocenters. The smallest absolute Gasteiger partial charge is 0.180 e. The number of anilines is 1. The molecule has 0 amide bonds.